The first kappa shape index (κ1) is 11.4. The van der Waals surface area contributed by atoms with E-state index in [0.717, 1.165) is 36.2 Å². The van der Waals surface area contributed by atoms with Crippen LogP contribution >= 0.6 is 0 Å². The van der Waals surface area contributed by atoms with Gasteiger partial charge in [-0.2, -0.15) is 0 Å². The summed E-state index contributed by atoms with van der Waals surface area (Å²) in [6, 6.07) is 8.15. The zero-order valence-corrected chi connectivity index (χ0v) is 10.3. The second kappa shape index (κ2) is 4.90. The van der Waals surface area contributed by atoms with Crippen molar-refractivity contribution in [2.75, 3.05) is 18.1 Å². The summed E-state index contributed by atoms with van der Waals surface area (Å²) in [6.45, 7) is 1.11. The number of nitrogens with zero attached hydrogens (tertiary/aromatic N) is 3. The highest BCUT2D eigenvalue weighted by molar-refractivity contribution is 5.78. The second-order valence-electron chi connectivity index (χ2n) is 4.75. The number of aliphatic hydroxyl groups excluding tert-OH is 1. The summed E-state index contributed by atoms with van der Waals surface area (Å²) < 4.78 is 0. The first-order valence-corrected chi connectivity index (χ1v) is 6.48. The van der Waals surface area contributed by atoms with Crippen LogP contribution in [0.3, 0.4) is 0 Å². The maximum absolute atomic E-state index is 9.44. The highest BCUT2D eigenvalue weighted by Crippen LogP contribution is 2.22. The van der Waals surface area contributed by atoms with Gasteiger partial charge in [0.2, 0.25) is 5.95 Å². The standard InChI is InChI=1S/C14H17N3O/c18-10-12-6-3-4-8-17(12)14-15-9-11-5-1-2-7-13(11)16-14/h1-2,5,7,9,12,18H,3-4,6,8,10H2. The molecule has 0 saturated carbocycles. The summed E-state index contributed by atoms with van der Waals surface area (Å²) in [4.78, 5) is 11.2. The lowest BCUT2D eigenvalue weighted by molar-refractivity contribution is 0.239. The summed E-state index contributed by atoms with van der Waals surface area (Å²) in [7, 11) is 0. The van der Waals surface area contributed by atoms with E-state index in [1.807, 2.05) is 30.5 Å². The molecule has 1 atom stereocenters. The van der Waals surface area contributed by atoms with E-state index in [-0.39, 0.29) is 12.6 Å². The van der Waals surface area contributed by atoms with Crippen LogP contribution in [0.25, 0.3) is 10.9 Å². The number of hydrogen-bond acceptors (Lipinski definition) is 4. The predicted molar refractivity (Wildman–Crippen MR) is 71.6 cm³/mol. The van der Waals surface area contributed by atoms with Gasteiger partial charge in [0.25, 0.3) is 0 Å². The van der Waals surface area contributed by atoms with Gasteiger partial charge in [-0.05, 0) is 25.3 Å². The topological polar surface area (TPSA) is 49.2 Å². The molecule has 1 fully saturated rings. The number of piperidine rings is 1. The average Bonchev–Trinajstić information content (AvgIpc) is 2.46. The Bertz CT molecular complexity index is 543. The molecule has 2 heterocycles. The van der Waals surface area contributed by atoms with E-state index >= 15 is 0 Å². The van der Waals surface area contributed by atoms with Crippen molar-refractivity contribution >= 4 is 16.9 Å². The fourth-order valence-electron chi connectivity index (χ4n) is 2.55. The second-order valence-corrected chi connectivity index (χ2v) is 4.75. The van der Waals surface area contributed by atoms with Crippen molar-refractivity contribution in [2.45, 2.75) is 25.3 Å². The number of rotatable bonds is 2. The van der Waals surface area contributed by atoms with Crippen molar-refractivity contribution in [1.82, 2.24) is 9.97 Å². The quantitative estimate of drug-likeness (QED) is 0.876. The number of fused-ring (bicyclic) bond motifs is 1. The molecule has 1 saturated heterocycles. The molecule has 0 radical (unpaired) electrons. The molecular formula is C14H17N3O. The highest BCUT2D eigenvalue weighted by Gasteiger charge is 2.23. The molecule has 1 N–H and O–H groups in total. The van der Waals surface area contributed by atoms with Gasteiger partial charge >= 0.3 is 0 Å². The van der Waals surface area contributed by atoms with E-state index in [9.17, 15) is 5.11 Å². The lowest BCUT2D eigenvalue weighted by Gasteiger charge is -2.34. The fourth-order valence-corrected chi connectivity index (χ4v) is 2.55. The van der Waals surface area contributed by atoms with Gasteiger partial charge in [0.05, 0.1) is 18.2 Å². The third-order valence-corrected chi connectivity index (χ3v) is 3.57. The number of hydrogen-bond donors (Lipinski definition) is 1. The minimum atomic E-state index is 0.167. The molecule has 0 amide bonds. The Labute approximate surface area is 106 Å². The van der Waals surface area contributed by atoms with Crippen LogP contribution in [-0.2, 0) is 0 Å². The van der Waals surface area contributed by atoms with E-state index < -0.39 is 0 Å². The molecule has 1 aromatic heterocycles. The molecule has 3 rings (SSSR count). The molecule has 1 unspecified atom stereocenters. The summed E-state index contributed by atoms with van der Waals surface area (Å²) in [5.41, 5.74) is 0.963. The first-order chi connectivity index (χ1) is 8.88. The smallest absolute Gasteiger partial charge is 0.226 e. The molecule has 0 bridgehead atoms. The number of anilines is 1. The van der Waals surface area contributed by atoms with Crippen LogP contribution in [0, 0.1) is 0 Å². The van der Waals surface area contributed by atoms with Crippen molar-refractivity contribution in [3.63, 3.8) is 0 Å². The molecule has 1 aliphatic heterocycles. The lowest BCUT2D eigenvalue weighted by Crippen LogP contribution is -2.42. The maximum atomic E-state index is 9.44. The Morgan fingerprint density at radius 3 is 3.06 bits per heavy atom. The zero-order valence-electron chi connectivity index (χ0n) is 10.3. The lowest BCUT2D eigenvalue weighted by atomic mass is 10.0. The van der Waals surface area contributed by atoms with Gasteiger partial charge in [-0.25, -0.2) is 9.97 Å². The summed E-state index contributed by atoms with van der Waals surface area (Å²) in [5, 5.41) is 10.5. The summed E-state index contributed by atoms with van der Waals surface area (Å²) in [6.07, 6.45) is 5.20. The normalized spacial score (nSPS) is 20.3. The molecule has 1 aliphatic rings. The molecule has 4 heteroatoms. The van der Waals surface area contributed by atoms with E-state index in [0.29, 0.717) is 0 Å². The molecule has 1 aromatic carbocycles. The molecule has 2 aromatic rings. The number of aromatic nitrogens is 2. The Morgan fingerprint density at radius 1 is 1.28 bits per heavy atom. The fraction of sp³-hybridized carbons (Fsp3) is 0.429. The van der Waals surface area contributed by atoms with Gasteiger partial charge in [0.15, 0.2) is 0 Å². The Kier molecular flexibility index (Phi) is 3.11. The number of aliphatic hydroxyl groups is 1. The minimum Gasteiger partial charge on any atom is -0.394 e. The van der Waals surface area contributed by atoms with Gasteiger partial charge in [0.1, 0.15) is 0 Å². The SMILES string of the molecule is OCC1CCCCN1c1ncc2ccccc2n1. The Hall–Kier alpha value is -1.68. The van der Waals surface area contributed by atoms with Crippen LogP contribution < -0.4 is 4.90 Å². The third-order valence-electron chi connectivity index (χ3n) is 3.57. The first-order valence-electron chi connectivity index (χ1n) is 6.48. The van der Waals surface area contributed by atoms with Crippen molar-refractivity contribution in [1.29, 1.82) is 0 Å². The van der Waals surface area contributed by atoms with Crippen LogP contribution in [0.15, 0.2) is 30.5 Å². The monoisotopic (exact) mass is 243 g/mol. The number of para-hydroxylation sites is 1. The van der Waals surface area contributed by atoms with Crippen LogP contribution in [0.4, 0.5) is 5.95 Å². The maximum Gasteiger partial charge on any atom is 0.226 e. The van der Waals surface area contributed by atoms with E-state index in [2.05, 4.69) is 14.9 Å². The van der Waals surface area contributed by atoms with Gasteiger partial charge in [-0.15, -0.1) is 0 Å². The largest absolute Gasteiger partial charge is 0.394 e. The van der Waals surface area contributed by atoms with E-state index in [1.165, 1.54) is 6.42 Å². The minimum absolute atomic E-state index is 0.167. The molecule has 94 valence electrons. The van der Waals surface area contributed by atoms with E-state index in [4.69, 9.17) is 0 Å². The molecule has 4 nitrogen and oxygen atoms in total. The van der Waals surface area contributed by atoms with Crippen LogP contribution in [-0.4, -0.2) is 34.3 Å². The Morgan fingerprint density at radius 2 is 2.17 bits per heavy atom. The van der Waals surface area contributed by atoms with Gasteiger partial charge in [-0.1, -0.05) is 18.2 Å². The molecular weight excluding hydrogens is 226 g/mol. The highest BCUT2D eigenvalue weighted by atomic mass is 16.3. The van der Waals surface area contributed by atoms with Gasteiger partial charge in [0, 0.05) is 18.1 Å². The van der Waals surface area contributed by atoms with Crippen molar-refractivity contribution in [3.05, 3.63) is 30.5 Å². The van der Waals surface area contributed by atoms with Gasteiger partial charge in [-0.3, -0.25) is 0 Å². The van der Waals surface area contributed by atoms with Crippen LogP contribution in [0.5, 0.6) is 0 Å². The number of benzene rings is 1. The molecule has 18 heavy (non-hydrogen) atoms. The summed E-state index contributed by atoms with van der Waals surface area (Å²) in [5.74, 6) is 0.743. The van der Waals surface area contributed by atoms with Crippen molar-refractivity contribution in [3.8, 4) is 0 Å². The van der Waals surface area contributed by atoms with Crippen LogP contribution in [0.2, 0.25) is 0 Å². The van der Waals surface area contributed by atoms with Crippen molar-refractivity contribution in [2.24, 2.45) is 0 Å². The molecule has 0 spiro atoms. The van der Waals surface area contributed by atoms with E-state index in [1.54, 1.807) is 0 Å². The predicted octanol–water partition coefficient (Wildman–Crippen LogP) is 1.98. The van der Waals surface area contributed by atoms with Crippen LogP contribution in [0.1, 0.15) is 19.3 Å². The summed E-state index contributed by atoms with van der Waals surface area (Å²) >= 11 is 0. The Balaban J connectivity index is 1.97. The zero-order chi connectivity index (χ0) is 12.4. The van der Waals surface area contributed by atoms with Crippen molar-refractivity contribution < 1.29 is 5.11 Å². The third kappa shape index (κ3) is 2.04. The average molecular weight is 243 g/mol. The van der Waals surface area contributed by atoms with Gasteiger partial charge < -0.3 is 10.0 Å². The molecule has 0 aliphatic carbocycles.